The van der Waals surface area contributed by atoms with Gasteiger partial charge in [-0.25, -0.2) is 4.68 Å². The first kappa shape index (κ1) is 16.9. The molecule has 2 heterocycles. The molecular weight excluding hydrogens is 322 g/mol. The fraction of sp³-hybridized carbons (Fsp3) is 0.286. The van der Waals surface area contributed by atoms with Crippen LogP contribution in [0.5, 0.6) is 0 Å². The third kappa shape index (κ3) is 3.33. The minimum absolute atomic E-state index is 0. The Morgan fingerprint density at radius 1 is 1.35 bits per heavy atom. The van der Waals surface area contributed by atoms with E-state index in [1.807, 2.05) is 0 Å². The third-order valence-electron chi connectivity index (χ3n) is 3.65. The van der Waals surface area contributed by atoms with Crippen molar-refractivity contribution in [1.29, 1.82) is 0 Å². The molecule has 0 aliphatic carbocycles. The molecule has 122 valence electrons. The van der Waals surface area contributed by atoms with E-state index in [0.29, 0.717) is 18.8 Å². The molecule has 1 aromatic carbocycles. The largest absolute Gasteiger partial charge is 0.336 e. The third-order valence-corrected chi connectivity index (χ3v) is 3.65. The summed E-state index contributed by atoms with van der Waals surface area (Å²) in [7, 11) is 0. The molecule has 0 radical (unpaired) electrons. The summed E-state index contributed by atoms with van der Waals surface area (Å²) in [6, 6.07) is 7.82. The molecule has 2 aromatic rings. The van der Waals surface area contributed by atoms with E-state index in [9.17, 15) is 14.9 Å². The van der Waals surface area contributed by atoms with E-state index in [0.717, 1.165) is 6.42 Å². The van der Waals surface area contributed by atoms with Crippen molar-refractivity contribution in [1.82, 2.24) is 14.7 Å². The van der Waals surface area contributed by atoms with Crippen LogP contribution in [0.25, 0.3) is 5.69 Å². The van der Waals surface area contributed by atoms with Gasteiger partial charge >= 0.3 is 0 Å². The van der Waals surface area contributed by atoms with Crippen LogP contribution in [0.3, 0.4) is 0 Å². The molecule has 1 aliphatic rings. The Labute approximate surface area is 138 Å². The zero-order valence-corrected chi connectivity index (χ0v) is 13.0. The number of nitro groups is 1. The van der Waals surface area contributed by atoms with E-state index < -0.39 is 4.92 Å². The van der Waals surface area contributed by atoms with Crippen LogP contribution in [0, 0.1) is 10.1 Å². The molecule has 1 amide bonds. The lowest BCUT2D eigenvalue weighted by Gasteiger charge is -2.13. The first-order valence-corrected chi connectivity index (χ1v) is 6.90. The van der Waals surface area contributed by atoms with Gasteiger partial charge in [0.25, 0.3) is 11.6 Å². The van der Waals surface area contributed by atoms with E-state index >= 15 is 0 Å². The number of carbonyl (C=O) groups excluding carboxylic acids is 1. The summed E-state index contributed by atoms with van der Waals surface area (Å²) in [6.07, 6.45) is 2.32. The Kier molecular flexibility index (Phi) is 4.97. The quantitative estimate of drug-likeness (QED) is 0.672. The van der Waals surface area contributed by atoms with Gasteiger partial charge in [-0.1, -0.05) is 12.1 Å². The first-order valence-electron chi connectivity index (χ1n) is 6.90. The standard InChI is InChI=1S/C14H15N5O3.ClH/c15-10-5-7-17(9-10)14(20)11-6-8-18(16-11)12-3-1-2-4-13(12)19(21)22;/h1-4,6,8,10H,5,7,9,15H2;1H/t10-;/m1./s1. The van der Waals surface area contributed by atoms with Crippen molar-refractivity contribution in [3.8, 4) is 5.69 Å². The van der Waals surface area contributed by atoms with Crippen molar-refractivity contribution < 1.29 is 9.72 Å². The van der Waals surface area contributed by atoms with Crippen LogP contribution >= 0.6 is 12.4 Å². The molecule has 23 heavy (non-hydrogen) atoms. The normalized spacial score (nSPS) is 16.9. The second-order valence-electron chi connectivity index (χ2n) is 5.19. The summed E-state index contributed by atoms with van der Waals surface area (Å²) in [5, 5.41) is 15.2. The number of hydrogen-bond acceptors (Lipinski definition) is 5. The zero-order valence-electron chi connectivity index (χ0n) is 12.2. The Morgan fingerprint density at radius 2 is 2.09 bits per heavy atom. The molecule has 1 saturated heterocycles. The molecule has 0 saturated carbocycles. The van der Waals surface area contributed by atoms with Gasteiger partial charge in [0.15, 0.2) is 5.69 Å². The fourth-order valence-corrected chi connectivity index (χ4v) is 2.52. The van der Waals surface area contributed by atoms with Crippen LogP contribution in [0.1, 0.15) is 16.9 Å². The average Bonchev–Trinajstić information content (AvgIpc) is 3.15. The second-order valence-corrected chi connectivity index (χ2v) is 5.19. The smallest absolute Gasteiger partial charge is 0.294 e. The van der Waals surface area contributed by atoms with E-state index in [-0.39, 0.29) is 35.7 Å². The van der Waals surface area contributed by atoms with Crippen molar-refractivity contribution in [2.45, 2.75) is 12.5 Å². The number of carbonyl (C=O) groups is 1. The zero-order chi connectivity index (χ0) is 15.7. The van der Waals surface area contributed by atoms with Crippen LogP contribution in [0.2, 0.25) is 0 Å². The van der Waals surface area contributed by atoms with Gasteiger partial charge in [0.05, 0.1) is 4.92 Å². The van der Waals surface area contributed by atoms with Crippen LogP contribution < -0.4 is 5.73 Å². The second kappa shape index (κ2) is 6.76. The predicted molar refractivity (Wildman–Crippen MR) is 86.0 cm³/mol. The Hall–Kier alpha value is -2.45. The molecule has 0 bridgehead atoms. The minimum Gasteiger partial charge on any atom is -0.336 e. The van der Waals surface area contributed by atoms with Gasteiger partial charge in [0, 0.05) is 31.4 Å². The van der Waals surface area contributed by atoms with Gasteiger partial charge < -0.3 is 10.6 Å². The van der Waals surface area contributed by atoms with Crippen molar-refractivity contribution in [3.63, 3.8) is 0 Å². The number of amides is 1. The lowest BCUT2D eigenvalue weighted by atomic mass is 10.3. The number of halogens is 1. The topological polar surface area (TPSA) is 107 Å². The first-order chi connectivity index (χ1) is 10.6. The molecule has 3 rings (SSSR count). The Balaban J connectivity index is 0.00000192. The minimum atomic E-state index is -0.474. The van der Waals surface area contributed by atoms with Crippen LogP contribution in [-0.2, 0) is 0 Å². The van der Waals surface area contributed by atoms with Gasteiger partial charge in [-0.2, -0.15) is 5.10 Å². The van der Waals surface area contributed by atoms with Crippen LogP contribution in [-0.4, -0.2) is 44.6 Å². The summed E-state index contributed by atoms with van der Waals surface area (Å²) in [4.78, 5) is 24.5. The Morgan fingerprint density at radius 3 is 2.74 bits per heavy atom. The number of nitrogens with zero attached hydrogens (tertiary/aromatic N) is 4. The molecular formula is C14H16ClN5O3. The summed E-state index contributed by atoms with van der Waals surface area (Å²) in [5.41, 5.74) is 6.31. The number of aromatic nitrogens is 2. The highest BCUT2D eigenvalue weighted by molar-refractivity contribution is 5.92. The predicted octanol–water partition coefficient (Wildman–Crippen LogP) is 1.38. The fourth-order valence-electron chi connectivity index (χ4n) is 2.52. The van der Waals surface area contributed by atoms with E-state index in [4.69, 9.17) is 5.73 Å². The Bertz CT molecular complexity index is 733. The van der Waals surface area contributed by atoms with Crippen molar-refractivity contribution in [2.24, 2.45) is 5.73 Å². The SMILES string of the molecule is Cl.N[C@@H]1CCN(C(=O)c2ccn(-c3ccccc3[N+](=O)[O-])n2)C1. The summed E-state index contributed by atoms with van der Waals surface area (Å²) in [5.74, 6) is -0.203. The molecule has 2 N–H and O–H groups in total. The lowest BCUT2D eigenvalue weighted by molar-refractivity contribution is -0.384. The molecule has 1 fully saturated rings. The molecule has 1 atom stereocenters. The molecule has 1 aliphatic heterocycles. The number of para-hydroxylation sites is 2. The lowest BCUT2D eigenvalue weighted by Crippen LogP contribution is -2.32. The highest BCUT2D eigenvalue weighted by Gasteiger charge is 2.26. The maximum Gasteiger partial charge on any atom is 0.294 e. The van der Waals surface area contributed by atoms with E-state index in [1.54, 1.807) is 35.4 Å². The highest BCUT2D eigenvalue weighted by Crippen LogP contribution is 2.22. The maximum atomic E-state index is 12.3. The number of hydrogen-bond donors (Lipinski definition) is 1. The molecule has 9 heteroatoms. The summed E-state index contributed by atoms with van der Waals surface area (Å²) < 4.78 is 1.35. The van der Waals surface area contributed by atoms with E-state index in [2.05, 4.69) is 5.10 Å². The van der Waals surface area contributed by atoms with Crippen molar-refractivity contribution in [2.75, 3.05) is 13.1 Å². The van der Waals surface area contributed by atoms with E-state index in [1.165, 1.54) is 10.7 Å². The molecule has 1 aromatic heterocycles. The summed E-state index contributed by atoms with van der Waals surface area (Å²) >= 11 is 0. The van der Waals surface area contributed by atoms with Gasteiger partial charge in [0.2, 0.25) is 0 Å². The van der Waals surface area contributed by atoms with Gasteiger partial charge in [-0.15, -0.1) is 12.4 Å². The average molecular weight is 338 g/mol. The van der Waals surface area contributed by atoms with Crippen molar-refractivity contribution >= 4 is 24.0 Å². The van der Waals surface area contributed by atoms with Gasteiger partial charge in [0.1, 0.15) is 5.69 Å². The van der Waals surface area contributed by atoms with Crippen LogP contribution in [0.15, 0.2) is 36.5 Å². The summed E-state index contributed by atoms with van der Waals surface area (Å²) in [6.45, 7) is 1.12. The molecule has 0 spiro atoms. The monoisotopic (exact) mass is 337 g/mol. The molecule has 8 nitrogen and oxygen atoms in total. The number of nitrogens with two attached hydrogens (primary N) is 1. The number of nitro benzene ring substituents is 1. The van der Waals surface area contributed by atoms with Crippen molar-refractivity contribution in [3.05, 3.63) is 52.3 Å². The maximum absolute atomic E-state index is 12.3. The van der Waals surface area contributed by atoms with Gasteiger partial charge in [-0.05, 0) is 18.6 Å². The van der Waals surface area contributed by atoms with Gasteiger partial charge in [-0.3, -0.25) is 14.9 Å². The van der Waals surface area contributed by atoms with Crippen LogP contribution in [0.4, 0.5) is 5.69 Å². The molecule has 0 unspecified atom stereocenters. The number of rotatable bonds is 3. The number of benzene rings is 1. The number of likely N-dealkylation sites (tertiary alicyclic amines) is 1. The highest BCUT2D eigenvalue weighted by atomic mass is 35.5.